The van der Waals surface area contributed by atoms with E-state index in [1.54, 1.807) is 36.0 Å². The van der Waals surface area contributed by atoms with Gasteiger partial charge in [0.25, 0.3) is 5.91 Å². The lowest BCUT2D eigenvalue weighted by Gasteiger charge is -2.24. The summed E-state index contributed by atoms with van der Waals surface area (Å²) in [6.07, 6.45) is 1.16. The van der Waals surface area contributed by atoms with Crippen LogP contribution in [0, 0.1) is 0 Å². The molecule has 7 heteroatoms. The quantitative estimate of drug-likeness (QED) is 0.464. The molecule has 3 aromatic rings. The lowest BCUT2D eigenvalue weighted by Crippen LogP contribution is -2.33. The third kappa shape index (κ3) is 6.87. The van der Waals surface area contributed by atoms with Crippen molar-refractivity contribution in [3.8, 4) is 0 Å². The molecule has 0 heterocycles. The van der Waals surface area contributed by atoms with Crippen molar-refractivity contribution in [2.75, 3.05) is 22.9 Å². The first-order valence-corrected chi connectivity index (χ1v) is 13.0. The molecular formula is C24H26N2O3S2. The fraction of sp³-hybridized carbons (Fsp3) is 0.208. The Labute approximate surface area is 188 Å². The first kappa shape index (κ1) is 22.9. The molecule has 0 fully saturated rings. The summed E-state index contributed by atoms with van der Waals surface area (Å²) in [4.78, 5) is 12.8. The number of rotatable bonds is 10. The summed E-state index contributed by atoms with van der Waals surface area (Å²) < 4.78 is 26.4. The highest BCUT2D eigenvalue weighted by Gasteiger charge is 2.23. The Morgan fingerprint density at radius 2 is 1.45 bits per heavy atom. The fourth-order valence-electron chi connectivity index (χ4n) is 3.11. The Bertz CT molecular complexity index is 1090. The van der Waals surface area contributed by atoms with Crippen LogP contribution in [-0.4, -0.2) is 32.9 Å². The van der Waals surface area contributed by atoms with Gasteiger partial charge in [-0.05, 0) is 23.3 Å². The van der Waals surface area contributed by atoms with Gasteiger partial charge in [-0.15, -0.1) is 0 Å². The summed E-state index contributed by atoms with van der Waals surface area (Å²) in [6.45, 7) is 0.666. The number of amides is 1. The van der Waals surface area contributed by atoms with Crippen LogP contribution in [0.4, 0.5) is 5.69 Å². The molecule has 0 saturated heterocycles. The number of para-hydroxylation sites is 1. The number of carbonyl (C=O) groups excluding carboxylic acids is 1. The van der Waals surface area contributed by atoms with E-state index in [9.17, 15) is 13.2 Å². The molecule has 1 amide bonds. The van der Waals surface area contributed by atoms with E-state index in [-0.39, 0.29) is 12.5 Å². The standard InChI is InChI=1S/C24H26N2O3S2/c1-31(28,29)26(18-20-10-4-2-5-11-20)23-15-9-8-14-22(23)24(27)25-16-17-30-19-21-12-6-3-7-13-21/h2-15H,16-19H2,1H3,(H,25,27). The van der Waals surface area contributed by atoms with Crippen LogP contribution in [0.5, 0.6) is 0 Å². The lowest BCUT2D eigenvalue weighted by atomic mass is 10.1. The first-order chi connectivity index (χ1) is 14.9. The normalized spacial score (nSPS) is 11.1. The Morgan fingerprint density at radius 3 is 2.10 bits per heavy atom. The van der Waals surface area contributed by atoms with Gasteiger partial charge in [-0.3, -0.25) is 9.10 Å². The number of hydrogen-bond acceptors (Lipinski definition) is 4. The minimum atomic E-state index is -3.58. The third-order valence-electron chi connectivity index (χ3n) is 4.63. The zero-order chi connectivity index (χ0) is 22.1. The van der Waals surface area contributed by atoms with Crippen molar-refractivity contribution >= 4 is 33.4 Å². The minimum Gasteiger partial charge on any atom is -0.351 e. The second kappa shape index (κ2) is 11.0. The van der Waals surface area contributed by atoms with Crippen LogP contribution in [-0.2, 0) is 22.3 Å². The Balaban J connectivity index is 1.66. The number of thioether (sulfide) groups is 1. The van der Waals surface area contributed by atoms with Gasteiger partial charge in [0.2, 0.25) is 10.0 Å². The topological polar surface area (TPSA) is 66.5 Å². The zero-order valence-electron chi connectivity index (χ0n) is 17.4. The molecule has 162 valence electrons. The fourth-order valence-corrected chi connectivity index (χ4v) is 4.83. The molecule has 0 spiro atoms. The molecule has 0 aliphatic heterocycles. The van der Waals surface area contributed by atoms with Crippen molar-refractivity contribution in [3.63, 3.8) is 0 Å². The largest absolute Gasteiger partial charge is 0.351 e. The molecule has 3 aromatic carbocycles. The van der Waals surface area contributed by atoms with Gasteiger partial charge in [0, 0.05) is 18.1 Å². The van der Waals surface area contributed by atoms with Crippen LogP contribution < -0.4 is 9.62 Å². The van der Waals surface area contributed by atoms with Crippen LogP contribution in [0.25, 0.3) is 0 Å². The van der Waals surface area contributed by atoms with E-state index < -0.39 is 10.0 Å². The summed E-state index contributed by atoms with van der Waals surface area (Å²) in [5.74, 6) is 1.37. The second-order valence-electron chi connectivity index (χ2n) is 7.07. The van der Waals surface area contributed by atoms with E-state index in [1.165, 1.54) is 9.87 Å². The number of nitrogens with zero attached hydrogens (tertiary/aromatic N) is 1. The number of hydrogen-bond donors (Lipinski definition) is 1. The lowest BCUT2D eigenvalue weighted by molar-refractivity contribution is 0.0957. The Morgan fingerprint density at radius 1 is 0.871 bits per heavy atom. The number of carbonyl (C=O) groups is 1. The maximum atomic E-state index is 12.8. The van der Waals surface area contributed by atoms with Gasteiger partial charge in [-0.1, -0.05) is 72.8 Å². The van der Waals surface area contributed by atoms with Crippen LogP contribution in [0.2, 0.25) is 0 Å². The highest BCUT2D eigenvalue weighted by molar-refractivity contribution is 7.98. The summed E-state index contributed by atoms with van der Waals surface area (Å²) >= 11 is 1.74. The molecule has 0 aromatic heterocycles. The monoisotopic (exact) mass is 454 g/mol. The van der Waals surface area contributed by atoms with Crippen LogP contribution in [0.15, 0.2) is 84.9 Å². The highest BCUT2D eigenvalue weighted by Crippen LogP contribution is 2.25. The first-order valence-electron chi connectivity index (χ1n) is 9.95. The van der Waals surface area contributed by atoms with Crippen molar-refractivity contribution in [2.24, 2.45) is 0 Å². The van der Waals surface area contributed by atoms with Crippen molar-refractivity contribution in [1.82, 2.24) is 5.32 Å². The van der Waals surface area contributed by atoms with E-state index >= 15 is 0 Å². The molecule has 0 radical (unpaired) electrons. The molecule has 0 saturated carbocycles. The Hall–Kier alpha value is -2.77. The maximum Gasteiger partial charge on any atom is 0.253 e. The van der Waals surface area contributed by atoms with Crippen molar-refractivity contribution in [1.29, 1.82) is 0 Å². The van der Waals surface area contributed by atoms with Gasteiger partial charge in [0.15, 0.2) is 0 Å². The summed E-state index contributed by atoms with van der Waals surface area (Å²) in [6, 6.07) is 26.3. The SMILES string of the molecule is CS(=O)(=O)N(Cc1ccccc1)c1ccccc1C(=O)NCCSCc1ccccc1. The number of nitrogens with one attached hydrogen (secondary N) is 1. The zero-order valence-corrected chi connectivity index (χ0v) is 19.0. The molecule has 3 rings (SSSR count). The summed E-state index contributed by atoms with van der Waals surface area (Å²) in [5, 5.41) is 2.91. The van der Waals surface area contributed by atoms with Gasteiger partial charge in [0.05, 0.1) is 24.1 Å². The molecule has 0 unspecified atom stereocenters. The van der Waals surface area contributed by atoms with E-state index in [4.69, 9.17) is 0 Å². The molecule has 0 bridgehead atoms. The van der Waals surface area contributed by atoms with Crippen molar-refractivity contribution in [3.05, 3.63) is 102 Å². The van der Waals surface area contributed by atoms with E-state index in [0.29, 0.717) is 17.8 Å². The smallest absolute Gasteiger partial charge is 0.253 e. The Kier molecular flexibility index (Phi) is 8.14. The molecule has 0 aliphatic carbocycles. The number of anilines is 1. The predicted octanol–water partition coefficient (Wildman–Crippen LogP) is 4.32. The molecule has 31 heavy (non-hydrogen) atoms. The molecule has 5 nitrogen and oxygen atoms in total. The number of benzene rings is 3. The summed E-state index contributed by atoms with van der Waals surface area (Å²) in [5.41, 5.74) is 2.81. The minimum absolute atomic E-state index is 0.164. The maximum absolute atomic E-state index is 12.8. The molecule has 0 atom stereocenters. The van der Waals surface area contributed by atoms with Gasteiger partial charge in [-0.25, -0.2) is 8.42 Å². The van der Waals surface area contributed by atoms with Crippen molar-refractivity contribution in [2.45, 2.75) is 12.3 Å². The van der Waals surface area contributed by atoms with Gasteiger partial charge >= 0.3 is 0 Å². The average molecular weight is 455 g/mol. The molecule has 1 N–H and O–H groups in total. The third-order valence-corrected chi connectivity index (χ3v) is 6.79. The van der Waals surface area contributed by atoms with Crippen LogP contribution in [0.1, 0.15) is 21.5 Å². The predicted molar refractivity (Wildman–Crippen MR) is 129 cm³/mol. The average Bonchev–Trinajstić information content (AvgIpc) is 2.78. The second-order valence-corrected chi connectivity index (χ2v) is 10.1. The highest BCUT2D eigenvalue weighted by atomic mass is 32.2. The van der Waals surface area contributed by atoms with Gasteiger partial charge in [0.1, 0.15) is 0 Å². The van der Waals surface area contributed by atoms with Crippen LogP contribution >= 0.6 is 11.8 Å². The molecular weight excluding hydrogens is 428 g/mol. The van der Waals surface area contributed by atoms with Crippen LogP contribution in [0.3, 0.4) is 0 Å². The van der Waals surface area contributed by atoms with Gasteiger partial charge in [-0.2, -0.15) is 11.8 Å². The van der Waals surface area contributed by atoms with E-state index in [1.807, 2.05) is 48.5 Å². The van der Waals surface area contributed by atoms with E-state index in [0.717, 1.165) is 23.3 Å². The van der Waals surface area contributed by atoms with Gasteiger partial charge < -0.3 is 5.32 Å². The molecule has 0 aliphatic rings. The van der Waals surface area contributed by atoms with Crippen molar-refractivity contribution < 1.29 is 13.2 Å². The number of sulfonamides is 1. The van der Waals surface area contributed by atoms with E-state index in [2.05, 4.69) is 17.4 Å². The summed E-state index contributed by atoms with van der Waals surface area (Å²) in [7, 11) is -3.58.